The molecule has 0 saturated heterocycles. The lowest BCUT2D eigenvalue weighted by Gasteiger charge is -2.56. The Labute approximate surface area is 129 Å². The van der Waals surface area contributed by atoms with Crippen LogP contribution in [0.25, 0.3) is 0 Å². The lowest BCUT2D eigenvalue weighted by molar-refractivity contribution is -0.126. The van der Waals surface area contributed by atoms with E-state index in [9.17, 15) is 9.90 Å². The van der Waals surface area contributed by atoms with E-state index in [0.29, 0.717) is 24.2 Å². The van der Waals surface area contributed by atoms with Gasteiger partial charge in [-0.2, -0.15) is 0 Å². The molecule has 0 amide bonds. The van der Waals surface area contributed by atoms with Gasteiger partial charge < -0.3 is 9.90 Å². The van der Waals surface area contributed by atoms with Crippen molar-refractivity contribution in [3.05, 3.63) is 11.6 Å². The second-order valence-electron chi connectivity index (χ2n) is 8.15. The van der Waals surface area contributed by atoms with Crippen molar-refractivity contribution in [3.63, 3.8) is 0 Å². The molecule has 1 N–H and O–H groups in total. The van der Waals surface area contributed by atoms with Gasteiger partial charge in [-0.3, -0.25) is 0 Å². The van der Waals surface area contributed by atoms with Gasteiger partial charge in [0.15, 0.2) is 0 Å². The van der Waals surface area contributed by atoms with Crippen molar-refractivity contribution < 1.29 is 11.3 Å². The van der Waals surface area contributed by atoms with Crippen LogP contribution in [0, 0.1) is 28.6 Å². The van der Waals surface area contributed by atoms with E-state index in [1.54, 1.807) is 0 Å². The predicted octanol–water partition coefficient (Wildman–Crippen LogP) is 3.88. The van der Waals surface area contributed by atoms with Crippen LogP contribution in [0.15, 0.2) is 11.6 Å². The molecule has 4 aliphatic rings. The number of carbonyl (C=O) groups excluding carboxylic acids is 1. The van der Waals surface area contributed by atoms with Crippen LogP contribution < -0.4 is 0 Å². The summed E-state index contributed by atoms with van der Waals surface area (Å²) >= 11 is 0. The summed E-state index contributed by atoms with van der Waals surface area (Å²) in [6, 6.07) is 0. The average Bonchev–Trinajstić information content (AvgIpc) is 2.77. The molecule has 0 radical (unpaired) electrons. The highest BCUT2D eigenvalue weighted by atomic mass is 16.3. The SMILES string of the molecule is [2H][C@]1(O)CC[C@H]2[C@@H]3CC=C4CCCC[C@]4(C=O)[C@H]3CC[C@@]21C. The molecule has 0 aromatic heterocycles. The van der Waals surface area contributed by atoms with Gasteiger partial charge in [0.25, 0.3) is 0 Å². The van der Waals surface area contributed by atoms with E-state index >= 15 is 0 Å². The van der Waals surface area contributed by atoms with Crippen LogP contribution in [-0.4, -0.2) is 17.5 Å². The van der Waals surface area contributed by atoms with Gasteiger partial charge in [0.2, 0.25) is 0 Å². The third-order valence-electron chi connectivity index (χ3n) is 7.57. The monoisotopic (exact) mass is 289 g/mol. The summed E-state index contributed by atoms with van der Waals surface area (Å²) < 4.78 is 8.36. The average molecular weight is 289 g/mol. The van der Waals surface area contributed by atoms with Crippen molar-refractivity contribution in [3.8, 4) is 0 Å². The molecule has 0 aromatic rings. The smallest absolute Gasteiger partial charge is 0.130 e. The minimum atomic E-state index is -1.27. The fourth-order valence-corrected chi connectivity index (χ4v) is 6.39. The van der Waals surface area contributed by atoms with Gasteiger partial charge in [-0.1, -0.05) is 25.0 Å². The van der Waals surface area contributed by atoms with Crippen LogP contribution in [0.4, 0.5) is 0 Å². The molecule has 2 heteroatoms. The van der Waals surface area contributed by atoms with Gasteiger partial charge >= 0.3 is 0 Å². The van der Waals surface area contributed by atoms with E-state index in [-0.39, 0.29) is 10.8 Å². The Morgan fingerprint density at radius 1 is 1.29 bits per heavy atom. The molecule has 0 unspecified atom stereocenters. The zero-order valence-corrected chi connectivity index (χ0v) is 13.1. The highest BCUT2D eigenvalue weighted by Gasteiger charge is 2.59. The minimum Gasteiger partial charge on any atom is -0.393 e. The zero-order valence-electron chi connectivity index (χ0n) is 14.1. The molecule has 0 heterocycles. The summed E-state index contributed by atoms with van der Waals surface area (Å²) in [5, 5.41) is 10.6. The summed E-state index contributed by atoms with van der Waals surface area (Å²) in [7, 11) is 0. The number of aldehydes is 1. The normalized spacial score (nSPS) is 56.6. The topological polar surface area (TPSA) is 37.3 Å². The molecule has 0 spiro atoms. The first-order chi connectivity index (χ1) is 10.4. The first kappa shape index (κ1) is 12.9. The van der Waals surface area contributed by atoms with Gasteiger partial charge in [0.05, 0.1) is 7.45 Å². The summed E-state index contributed by atoms with van der Waals surface area (Å²) in [5.74, 6) is 1.35. The molecule has 116 valence electrons. The van der Waals surface area contributed by atoms with Crippen LogP contribution >= 0.6 is 0 Å². The molecule has 2 nitrogen and oxygen atoms in total. The van der Waals surface area contributed by atoms with E-state index in [2.05, 4.69) is 13.0 Å². The van der Waals surface area contributed by atoms with Gasteiger partial charge in [-0.05, 0) is 74.5 Å². The van der Waals surface area contributed by atoms with Gasteiger partial charge in [0.1, 0.15) is 6.29 Å². The third kappa shape index (κ3) is 1.72. The van der Waals surface area contributed by atoms with Crippen molar-refractivity contribution in [1.29, 1.82) is 0 Å². The lowest BCUT2D eigenvalue weighted by atomic mass is 9.48. The van der Waals surface area contributed by atoms with E-state index in [4.69, 9.17) is 1.37 Å². The van der Waals surface area contributed by atoms with E-state index in [1.807, 2.05) is 0 Å². The number of rotatable bonds is 1. The minimum absolute atomic E-state index is 0.203. The molecular weight excluding hydrogens is 260 g/mol. The number of hydrogen-bond donors (Lipinski definition) is 1. The Hall–Kier alpha value is -0.630. The molecule has 3 saturated carbocycles. The fourth-order valence-electron chi connectivity index (χ4n) is 6.39. The second kappa shape index (κ2) is 4.68. The van der Waals surface area contributed by atoms with Crippen molar-refractivity contribution in [1.82, 2.24) is 0 Å². The van der Waals surface area contributed by atoms with Crippen LogP contribution in [0.5, 0.6) is 0 Å². The summed E-state index contributed by atoms with van der Waals surface area (Å²) in [6.45, 7) is 2.13. The predicted molar refractivity (Wildman–Crippen MR) is 82.7 cm³/mol. The van der Waals surface area contributed by atoms with Crippen LogP contribution in [0.3, 0.4) is 0 Å². The standard InChI is InChI=1S/C19H28O2/c1-18-11-9-16-14(15(18)7-8-17(18)21)6-5-13-4-2-3-10-19(13,16)12-20/h5,12,14-17,21H,2-4,6-11H2,1H3/t14-,15-,16-,17-,18-,19+/m0/s1/i17D. The number of allylic oxidation sites excluding steroid dienone is 2. The maximum Gasteiger partial charge on any atom is 0.130 e. The van der Waals surface area contributed by atoms with Crippen molar-refractivity contribution >= 4 is 6.29 Å². The maximum absolute atomic E-state index is 12.1. The van der Waals surface area contributed by atoms with Crippen LogP contribution in [-0.2, 0) is 4.79 Å². The Balaban J connectivity index is 1.74. The number of aliphatic hydroxyl groups is 1. The van der Waals surface area contributed by atoms with Gasteiger partial charge in [-0.25, -0.2) is 0 Å². The number of carbonyl (C=O) groups is 1. The van der Waals surface area contributed by atoms with Gasteiger partial charge in [0, 0.05) is 5.41 Å². The summed E-state index contributed by atoms with van der Waals surface area (Å²) in [4.78, 5) is 12.1. The van der Waals surface area contributed by atoms with Crippen molar-refractivity contribution in [2.24, 2.45) is 28.6 Å². The van der Waals surface area contributed by atoms with E-state index in [1.165, 1.54) is 24.7 Å². The highest BCUT2D eigenvalue weighted by Crippen LogP contribution is 2.64. The highest BCUT2D eigenvalue weighted by molar-refractivity contribution is 5.67. The molecule has 21 heavy (non-hydrogen) atoms. The molecular formula is C19H28O2. The molecule has 4 aliphatic carbocycles. The zero-order chi connectivity index (χ0) is 15.6. The first-order valence-corrected chi connectivity index (χ1v) is 8.83. The van der Waals surface area contributed by atoms with Crippen molar-refractivity contribution in [2.45, 2.75) is 70.8 Å². The van der Waals surface area contributed by atoms with E-state index < -0.39 is 6.08 Å². The second-order valence-corrected chi connectivity index (χ2v) is 8.15. The quantitative estimate of drug-likeness (QED) is 0.587. The van der Waals surface area contributed by atoms with Crippen molar-refractivity contribution in [2.75, 3.05) is 0 Å². The van der Waals surface area contributed by atoms with Crippen LogP contribution in [0.1, 0.15) is 66.1 Å². The molecule has 0 bridgehead atoms. The van der Waals surface area contributed by atoms with Crippen LogP contribution in [0.2, 0.25) is 0 Å². The molecule has 4 rings (SSSR count). The summed E-state index contributed by atoms with van der Waals surface area (Å²) in [6.07, 6.45) is 11.4. The Bertz CT molecular complexity index is 526. The van der Waals surface area contributed by atoms with E-state index in [0.717, 1.165) is 38.5 Å². The number of hydrogen-bond acceptors (Lipinski definition) is 2. The third-order valence-corrected chi connectivity index (χ3v) is 7.57. The Morgan fingerprint density at radius 2 is 2.14 bits per heavy atom. The number of fused-ring (bicyclic) bond motifs is 5. The molecule has 6 atom stereocenters. The summed E-state index contributed by atoms with van der Waals surface area (Å²) in [5.41, 5.74) is 0.932. The fraction of sp³-hybridized carbons (Fsp3) is 0.842. The molecule has 0 aromatic carbocycles. The largest absolute Gasteiger partial charge is 0.393 e. The Morgan fingerprint density at radius 3 is 2.95 bits per heavy atom. The van der Waals surface area contributed by atoms with Gasteiger partial charge in [-0.15, -0.1) is 0 Å². The first-order valence-electron chi connectivity index (χ1n) is 9.33. The molecule has 3 fully saturated rings. The lowest BCUT2D eigenvalue weighted by Crippen LogP contribution is -2.51. The molecule has 0 aliphatic heterocycles. The Kier molecular flexibility index (Phi) is 2.87. The maximum atomic E-state index is 12.1.